The van der Waals surface area contributed by atoms with E-state index in [-0.39, 0.29) is 23.1 Å². The lowest BCUT2D eigenvalue weighted by molar-refractivity contribution is -0.120. The number of benzene rings is 2. The van der Waals surface area contributed by atoms with Gasteiger partial charge < -0.3 is 9.84 Å². The van der Waals surface area contributed by atoms with Crippen molar-refractivity contribution in [2.24, 2.45) is 5.92 Å². The molecule has 1 fully saturated rings. The molecule has 1 aliphatic rings. The number of piperidine rings is 1. The lowest BCUT2D eigenvalue weighted by Gasteiger charge is -2.31. The summed E-state index contributed by atoms with van der Waals surface area (Å²) >= 11 is 0. The largest absolute Gasteiger partial charge is 0.355 e. The van der Waals surface area contributed by atoms with E-state index in [0.29, 0.717) is 30.8 Å². The average Bonchev–Trinajstić information content (AvgIpc) is 3.19. The molecule has 1 aliphatic heterocycles. The first-order valence-corrected chi connectivity index (χ1v) is 13.6. The first-order chi connectivity index (χ1) is 17.1. The van der Waals surface area contributed by atoms with Crippen LogP contribution < -0.4 is 5.32 Å². The molecule has 2 heterocycles. The molecule has 1 aromatic heterocycles. The first-order valence-electron chi connectivity index (χ1n) is 12.2. The van der Waals surface area contributed by atoms with Gasteiger partial charge >= 0.3 is 0 Å². The minimum absolute atomic E-state index is 0.0564. The van der Waals surface area contributed by atoms with Crippen LogP contribution in [0.15, 0.2) is 45.8 Å². The van der Waals surface area contributed by atoms with Gasteiger partial charge in [-0.1, -0.05) is 41.1 Å². The Balaban J connectivity index is 1.56. The fraction of sp³-hybridized carbons (Fsp3) is 0.357. The van der Waals surface area contributed by atoms with Gasteiger partial charge in [0, 0.05) is 18.8 Å². The first kappa shape index (κ1) is 25.9. The van der Waals surface area contributed by atoms with Crippen LogP contribution in [0.4, 0.5) is 5.69 Å². The van der Waals surface area contributed by atoms with Crippen molar-refractivity contribution in [3.8, 4) is 0 Å². The number of hydrogen-bond acceptors (Lipinski definition) is 5. The van der Waals surface area contributed by atoms with Gasteiger partial charge in [-0.3, -0.25) is 4.79 Å². The van der Waals surface area contributed by atoms with Crippen molar-refractivity contribution >= 4 is 33.8 Å². The summed E-state index contributed by atoms with van der Waals surface area (Å²) in [5, 5.41) is 6.89. The van der Waals surface area contributed by atoms with E-state index in [9.17, 15) is 13.2 Å². The van der Waals surface area contributed by atoms with Gasteiger partial charge in [-0.05, 0) is 87.9 Å². The molecule has 1 atom stereocenters. The van der Waals surface area contributed by atoms with Crippen LogP contribution in [0.25, 0.3) is 12.2 Å². The number of anilines is 1. The van der Waals surface area contributed by atoms with E-state index in [1.807, 2.05) is 58.0 Å². The Morgan fingerprint density at radius 1 is 1.06 bits per heavy atom. The van der Waals surface area contributed by atoms with Crippen LogP contribution in [0.3, 0.4) is 0 Å². The van der Waals surface area contributed by atoms with Crippen molar-refractivity contribution in [1.82, 2.24) is 9.46 Å². The Morgan fingerprint density at radius 2 is 1.78 bits per heavy atom. The standard InChI is InChI=1S/C28H33N3O4S/c1-18-8-6-10-24(16-18)29-28(32)23-9-7-13-31(17-23)36(33,34)27-22(5)30-35-26(27)12-11-25-20(3)14-19(2)15-21(25)4/h6,8,10-12,14-16,23H,7,9,13,17H2,1-5H3,(H,29,32)/b12-11+. The topological polar surface area (TPSA) is 92.5 Å². The molecular weight excluding hydrogens is 474 g/mol. The molecule has 1 N–H and O–H groups in total. The molecule has 1 saturated heterocycles. The Labute approximate surface area is 213 Å². The maximum Gasteiger partial charge on any atom is 0.248 e. The van der Waals surface area contributed by atoms with E-state index in [1.54, 1.807) is 13.0 Å². The molecule has 7 nitrogen and oxygen atoms in total. The summed E-state index contributed by atoms with van der Waals surface area (Å²) in [7, 11) is -3.91. The van der Waals surface area contributed by atoms with Crippen LogP contribution in [-0.2, 0) is 14.8 Å². The number of carbonyl (C=O) groups is 1. The number of nitrogens with one attached hydrogen (secondary N) is 1. The van der Waals surface area contributed by atoms with Gasteiger partial charge in [0.1, 0.15) is 5.69 Å². The summed E-state index contributed by atoms with van der Waals surface area (Å²) in [4.78, 5) is 13.0. The minimum atomic E-state index is -3.91. The van der Waals surface area contributed by atoms with Crippen molar-refractivity contribution in [3.63, 3.8) is 0 Å². The number of carbonyl (C=O) groups excluding carboxylic acids is 1. The highest BCUT2D eigenvalue weighted by Crippen LogP contribution is 2.30. The second kappa shape index (κ2) is 10.4. The van der Waals surface area contributed by atoms with E-state index >= 15 is 0 Å². The highest BCUT2D eigenvalue weighted by molar-refractivity contribution is 7.89. The maximum atomic E-state index is 13.7. The molecule has 0 aliphatic carbocycles. The number of hydrogen-bond donors (Lipinski definition) is 1. The molecule has 0 bridgehead atoms. The Hall–Kier alpha value is -3.23. The summed E-state index contributed by atoms with van der Waals surface area (Å²) < 4.78 is 34.2. The molecule has 1 amide bonds. The molecule has 0 spiro atoms. The molecule has 8 heteroatoms. The van der Waals surface area contributed by atoms with E-state index in [1.165, 1.54) is 9.87 Å². The molecule has 0 saturated carbocycles. The number of amides is 1. The van der Waals surface area contributed by atoms with E-state index in [4.69, 9.17) is 4.52 Å². The van der Waals surface area contributed by atoms with Crippen LogP contribution in [0.1, 0.15) is 52.1 Å². The van der Waals surface area contributed by atoms with Crippen LogP contribution in [0, 0.1) is 40.5 Å². The second-order valence-corrected chi connectivity index (χ2v) is 11.5. The Morgan fingerprint density at radius 3 is 2.47 bits per heavy atom. The van der Waals surface area contributed by atoms with E-state index in [2.05, 4.69) is 22.6 Å². The average molecular weight is 508 g/mol. The SMILES string of the molecule is Cc1cccc(NC(=O)C2CCCN(S(=O)(=O)c3c(C)noc3/C=C/c3c(C)cc(C)cc3C)C2)c1. The van der Waals surface area contributed by atoms with E-state index < -0.39 is 15.9 Å². The van der Waals surface area contributed by atoms with Crippen molar-refractivity contribution in [3.05, 3.63) is 75.7 Å². The van der Waals surface area contributed by atoms with Gasteiger partial charge in [-0.2, -0.15) is 4.31 Å². The summed E-state index contributed by atoms with van der Waals surface area (Å²) in [6.07, 6.45) is 4.77. The van der Waals surface area contributed by atoms with Gasteiger partial charge in [-0.25, -0.2) is 8.42 Å². The molecule has 2 aromatic carbocycles. The van der Waals surface area contributed by atoms with Crippen molar-refractivity contribution in [2.45, 2.75) is 52.4 Å². The summed E-state index contributed by atoms with van der Waals surface area (Å²) in [5.41, 5.74) is 6.45. The third-order valence-electron chi connectivity index (χ3n) is 6.61. The monoisotopic (exact) mass is 507 g/mol. The normalized spacial score (nSPS) is 17.0. The molecule has 1 unspecified atom stereocenters. The molecule has 4 rings (SSSR count). The third kappa shape index (κ3) is 5.44. The van der Waals surface area contributed by atoms with Crippen LogP contribution in [0.2, 0.25) is 0 Å². The molecule has 36 heavy (non-hydrogen) atoms. The Bertz CT molecular complexity index is 1400. The maximum absolute atomic E-state index is 13.7. The van der Waals surface area contributed by atoms with Gasteiger partial charge in [-0.15, -0.1) is 0 Å². The summed E-state index contributed by atoms with van der Waals surface area (Å²) in [6.45, 7) is 10.1. The van der Waals surface area contributed by atoms with Crippen LogP contribution >= 0.6 is 0 Å². The smallest absolute Gasteiger partial charge is 0.248 e. The highest BCUT2D eigenvalue weighted by Gasteiger charge is 2.37. The number of aromatic nitrogens is 1. The summed E-state index contributed by atoms with van der Waals surface area (Å²) in [6, 6.07) is 11.7. The van der Waals surface area contributed by atoms with Gasteiger partial charge in [0.2, 0.25) is 15.9 Å². The van der Waals surface area contributed by atoms with Crippen molar-refractivity contribution < 1.29 is 17.7 Å². The van der Waals surface area contributed by atoms with E-state index in [0.717, 1.165) is 22.3 Å². The minimum Gasteiger partial charge on any atom is -0.355 e. The van der Waals surface area contributed by atoms with Gasteiger partial charge in [0.05, 0.1) is 5.92 Å². The van der Waals surface area contributed by atoms with Crippen LogP contribution in [-0.4, -0.2) is 36.9 Å². The molecular formula is C28H33N3O4S. The quantitative estimate of drug-likeness (QED) is 0.481. The zero-order valence-corrected chi connectivity index (χ0v) is 22.3. The molecule has 0 radical (unpaired) electrons. The second-order valence-electron chi connectivity index (χ2n) is 9.67. The number of rotatable bonds is 6. The lowest BCUT2D eigenvalue weighted by Crippen LogP contribution is -2.43. The summed E-state index contributed by atoms with van der Waals surface area (Å²) in [5.74, 6) is -0.419. The predicted octanol–water partition coefficient (Wildman–Crippen LogP) is 5.43. The number of aryl methyl sites for hydroxylation is 5. The molecule has 190 valence electrons. The van der Waals surface area contributed by atoms with Crippen molar-refractivity contribution in [1.29, 1.82) is 0 Å². The van der Waals surface area contributed by atoms with Crippen LogP contribution in [0.5, 0.6) is 0 Å². The lowest BCUT2D eigenvalue weighted by atomic mass is 9.98. The third-order valence-corrected chi connectivity index (χ3v) is 8.64. The zero-order valence-electron chi connectivity index (χ0n) is 21.5. The van der Waals surface area contributed by atoms with Crippen molar-refractivity contribution in [2.75, 3.05) is 18.4 Å². The van der Waals surface area contributed by atoms with Gasteiger partial charge in [0.15, 0.2) is 10.7 Å². The molecule has 3 aromatic rings. The zero-order chi connectivity index (χ0) is 26.0. The highest BCUT2D eigenvalue weighted by atomic mass is 32.2. The Kier molecular flexibility index (Phi) is 7.47. The predicted molar refractivity (Wildman–Crippen MR) is 142 cm³/mol. The number of nitrogens with zero attached hydrogens (tertiary/aromatic N) is 2. The van der Waals surface area contributed by atoms with Gasteiger partial charge in [0.25, 0.3) is 0 Å². The number of sulfonamides is 1. The fourth-order valence-corrected chi connectivity index (χ4v) is 6.66. The fourth-order valence-electron chi connectivity index (χ4n) is 4.88.